The molecule has 0 bridgehead atoms. The number of rotatable bonds is 4. The third kappa shape index (κ3) is 2.56. The van der Waals surface area contributed by atoms with Crippen molar-refractivity contribution in [3.05, 3.63) is 50.9 Å². The number of aryl methyl sites for hydroxylation is 1. The van der Waals surface area contributed by atoms with Crippen molar-refractivity contribution in [2.75, 3.05) is 7.05 Å². The molecular formula is C15H15Br2N3O. The van der Waals surface area contributed by atoms with E-state index in [2.05, 4.69) is 55.3 Å². The molecule has 0 aliphatic rings. The van der Waals surface area contributed by atoms with Crippen LogP contribution in [-0.4, -0.2) is 16.8 Å². The average Bonchev–Trinajstić information content (AvgIpc) is 3.06. The van der Waals surface area contributed by atoms with Crippen molar-refractivity contribution in [3.8, 4) is 0 Å². The van der Waals surface area contributed by atoms with Crippen molar-refractivity contribution in [1.29, 1.82) is 0 Å². The fraction of sp³-hybridized carbons (Fsp3) is 0.267. The SMILES string of the molecule is CCn1ncc(Br)c1C(NC)c1cc2cccc(Br)c2o1. The number of para-hydroxylation sites is 1. The second-order valence-electron chi connectivity index (χ2n) is 4.72. The van der Waals surface area contributed by atoms with Gasteiger partial charge in [-0.05, 0) is 58.0 Å². The topological polar surface area (TPSA) is 43.0 Å². The van der Waals surface area contributed by atoms with Gasteiger partial charge in [0.15, 0.2) is 0 Å². The zero-order valence-corrected chi connectivity index (χ0v) is 14.9. The molecule has 0 saturated carbocycles. The van der Waals surface area contributed by atoms with Crippen LogP contribution in [-0.2, 0) is 6.54 Å². The molecular weight excluding hydrogens is 398 g/mol. The van der Waals surface area contributed by atoms with Gasteiger partial charge in [0.05, 0.1) is 20.8 Å². The van der Waals surface area contributed by atoms with Crippen LogP contribution in [0.2, 0.25) is 0 Å². The number of nitrogens with zero attached hydrogens (tertiary/aromatic N) is 2. The maximum absolute atomic E-state index is 6.06. The first-order chi connectivity index (χ1) is 10.2. The molecule has 0 saturated heterocycles. The van der Waals surface area contributed by atoms with Gasteiger partial charge in [-0.1, -0.05) is 12.1 Å². The highest BCUT2D eigenvalue weighted by Crippen LogP contribution is 2.34. The standard InChI is InChI=1S/C15H15Br2N3O/c1-3-20-14(11(17)8-19-20)13(18-2)12-7-9-5-4-6-10(16)15(9)21-12/h4-8,13,18H,3H2,1-2H3. The smallest absolute Gasteiger partial charge is 0.148 e. The van der Waals surface area contributed by atoms with Crippen LogP contribution in [0.3, 0.4) is 0 Å². The Bertz CT molecular complexity index is 778. The average molecular weight is 413 g/mol. The van der Waals surface area contributed by atoms with Crippen LogP contribution in [0.1, 0.15) is 24.4 Å². The molecule has 110 valence electrons. The zero-order valence-electron chi connectivity index (χ0n) is 11.7. The van der Waals surface area contributed by atoms with Gasteiger partial charge >= 0.3 is 0 Å². The summed E-state index contributed by atoms with van der Waals surface area (Å²) >= 11 is 7.11. The fourth-order valence-electron chi connectivity index (χ4n) is 2.51. The lowest BCUT2D eigenvalue weighted by Gasteiger charge is -2.16. The minimum absolute atomic E-state index is 0.0545. The number of halogens is 2. The van der Waals surface area contributed by atoms with E-state index in [9.17, 15) is 0 Å². The highest BCUT2D eigenvalue weighted by molar-refractivity contribution is 9.11. The Morgan fingerprint density at radius 3 is 2.81 bits per heavy atom. The molecule has 2 heterocycles. The van der Waals surface area contributed by atoms with Crippen molar-refractivity contribution in [1.82, 2.24) is 15.1 Å². The summed E-state index contributed by atoms with van der Waals surface area (Å²) in [6.07, 6.45) is 1.82. The molecule has 0 aliphatic heterocycles. The van der Waals surface area contributed by atoms with E-state index in [1.165, 1.54) is 0 Å². The summed E-state index contributed by atoms with van der Waals surface area (Å²) in [7, 11) is 1.92. The monoisotopic (exact) mass is 411 g/mol. The molecule has 1 aromatic carbocycles. The van der Waals surface area contributed by atoms with E-state index in [0.717, 1.165) is 37.9 Å². The van der Waals surface area contributed by atoms with Crippen molar-refractivity contribution >= 4 is 42.8 Å². The summed E-state index contributed by atoms with van der Waals surface area (Å²) in [5.41, 5.74) is 1.93. The Kier molecular flexibility index (Phi) is 4.19. The van der Waals surface area contributed by atoms with Crippen LogP contribution >= 0.6 is 31.9 Å². The van der Waals surface area contributed by atoms with Crippen LogP contribution in [0.5, 0.6) is 0 Å². The number of hydrogen-bond donors (Lipinski definition) is 1. The second-order valence-corrected chi connectivity index (χ2v) is 6.43. The summed E-state index contributed by atoms with van der Waals surface area (Å²) in [4.78, 5) is 0. The third-order valence-electron chi connectivity index (χ3n) is 3.49. The van der Waals surface area contributed by atoms with Crippen LogP contribution < -0.4 is 5.32 Å². The molecule has 21 heavy (non-hydrogen) atoms. The molecule has 0 radical (unpaired) electrons. The van der Waals surface area contributed by atoms with Gasteiger partial charge in [-0.15, -0.1) is 0 Å². The summed E-state index contributed by atoms with van der Waals surface area (Å²) < 4.78 is 9.96. The Balaban J connectivity index is 2.14. The van der Waals surface area contributed by atoms with Crippen LogP contribution in [0.4, 0.5) is 0 Å². The van der Waals surface area contributed by atoms with Gasteiger partial charge in [-0.25, -0.2) is 0 Å². The Morgan fingerprint density at radius 2 is 2.14 bits per heavy atom. The Morgan fingerprint density at radius 1 is 1.33 bits per heavy atom. The molecule has 1 N–H and O–H groups in total. The first-order valence-electron chi connectivity index (χ1n) is 6.72. The number of furan rings is 1. The van der Waals surface area contributed by atoms with Crippen molar-refractivity contribution in [3.63, 3.8) is 0 Å². The summed E-state index contributed by atoms with van der Waals surface area (Å²) in [6, 6.07) is 8.05. The quantitative estimate of drug-likeness (QED) is 0.686. The maximum Gasteiger partial charge on any atom is 0.148 e. The first-order valence-corrected chi connectivity index (χ1v) is 8.30. The van der Waals surface area contributed by atoms with Gasteiger partial charge in [0.25, 0.3) is 0 Å². The molecule has 1 atom stereocenters. The highest BCUT2D eigenvalue weighted by Gasteiger charge is 2.23. The molecule has 1 unspecified atom stereocenters. The molecule has 0 aliphatic carbocycles. The number of aromatic nitrogens is 2. The number of hydrogen-bond acceptors (Lipinski definition) is 3. The lowest BCUT2D eigenvalue weighted by atomic mass is 10.1. The lowest BCUT2D eigenvalue weighted by molar-refractivity contribution is 0.463. The number of nitrogens with one attached hydrogen (secondary N) is 1. The van der Waals surface area contributed by atoms with E-state index in [-0.39, 0.29) is 6.04 Å². The normalized spacial score (nSPS) is 13.0. The Hall–Kier alpha value is -1.11. The fourth-order valence-corrected chi connectivity index (χ4v) is 3.50. The molecule has 6 heteroatoms. The van der Waals surface area contributed by atoms with Gasteiger partial charge in [0.2, 0.25) is 0 Å². The molecule has 0 amide bonds. The minimum atomic E-state index is -0.0545. The summed E-state index contributed by atoms with van der Waals surface area (Å²) in [5.74, 6) is 0.871. The summed E-state index contributed by atoms with van der Waals surface area (Å²) in [6.45, 7) is 2.88. The van der Waals surface area contributed by atoms with Crippen molar-refractivity contribution in [2.24, 2.45) is 0 Å². The molecule has 3 rings (SSSR count). The van der Waals surface area contributed by atoms with Gasteiger partial charge < -0.3 is 9.73 Å². The van der Waals surface area contributed by atoms with Crippen molar-refractivity contribution < 1.29 is 4.42 Å². The van der Waals surface area contributed by atoms with Crippen LogP contribution in [0.15, 0.2) is 43.8 Å². The summed E-state index contributed by atoms with van der Waals surface area (Å²) in [5, 5.41) is 8.78. The predicted octanol–water partition coefficient (Wildman–Crippen LogP) is 4.48. The molecule has 3 aromatic rings. The van der Waals surface area contributed by atoms with E-state index in [1.54, 1.807) is 0 Å². The van der Waals surface area contributed by atoms with E-state index in [1.807, 2.05) is 36.1 Å². The van der Waals surface area contributed by atoms with E-state index in [4.69, 9.17) is 4.42 Å². The van der Waals surface area contributed by atoms with Gasteiger partial charge in [-0.3, -0.25) is 4.68 Å². The predicted molar refractivity (Wildman–Crippen MR) is 90.4 cm³/mol. The number of benzene rings is 1. The number of fused-ring (bicyclic) bond motifs is 1. The van der Waals surface area contributed by atoms with Gasteiger partial charge in [0, 0.05) is 11.9 Å². The zero-order chi connectivity index (χ0) is 15.0. The van der Waals surface area contributed by atoms with Gasteiger partial charge in [-0.2, -0.15) is 5.10 Å². The second kappa shape index (κ2) is 5.94. The first kappa shape index (κ1) is 14.8. The van der Waals surface area contributed by atoms with E-state index < -0.39 is 0 Å². The van der Waals surface area contributed by atoms with Crippen LogP contribution in [0, 0.1) is 0 Å². The van der Waals surface area contributed by atoms with E-state index in [0.29, 0.717) is 0 Å². The van der Waals surface area contributed by atoms with Gasteiger partial charge in [0.1, 0.15) is 17.4 Å². The van der Waals surface area contributed by atoms with Crippen LogP contribution in [0.25, 0.3) is 11.0 Å². The minimum Gasteiger partial charge on any atom is -0.458 e. The lowest BCUT2D eigenvalue weighted by Crippen LogP contribution is -2.21. The molecule has 0 spiro atoms. The molecule has 4 nitrogen and oxygen atoms in total. The Labute approximate surface area is 139 Å². The molecule has 0 fully saturated rings. The largest absolute Gasteiger partial charge is 0.458 e. The highest BCUT2D eigenvalue weighted by atomic mass is 79.9. The molecule has 2 aromatic heterocycles. The third-order valence-corrected chi connectivity index (χ3v) is 4.73. The maximum atomic E-state index is 6.06. The van der Waals surface area contributed by atoms with E-state index >= 15 is 0 Å². The van der Waals surface area contributed by atoms with Crippen molar-refractivity contribution in [2.45, 2.75) is 19.5 Å².